The maximum Gasteiger partial charge on any atom is 0.0237 e. The Morgan fingerprint density at radius 2 is 2.00 bits per heavy atom. The highest BCUT2D eigenvalue weighted by Crippen LogP contribution is 2.37. The van der Waals surface area contributed by atoms with E-state index in [1.165, 1.54) is 25.2 Å². The molecule has 0 saturated carbocycles. The van der Waals surface area contributed by atoms with Crippen LogP contribution < -0.4 is 5.32 Å². The Morgan fingerprint density at radius 3 is 2.72 bits per heavy atom. The second kappa shape index (κ2) is 5.02. The first-order chi connectivity index (χ1) is 8.75. The van der Waals surface area contributed by atoms with Gasteiger partial charge in [-0.25, -0.2) is 0 Å². The number of benzene rings is 1. The van der Waals surface area contributed by atoms with Gasteiger partial charge in [0.15, 0.2) is 0 Å². The van der Waals surface area contributed by atoms with E-state index < -0.39 is 0 Å². The first-order valence-electron chi connectivity index (χ1n) is 7.24. The zero-order valence-electron chi connectivity index (χ0n) is 11.5. The molecule has 98 valence electrons. The standard InChI is InChI=1S/C16H24N2/c1-12(2)16-15-9-17-8-14(15)11-18(16)10-13-6-4-3-5-7-13/h3-7,12,14-17H,8-11H2,1-2H3. The molecule has 1 N–H and O–H groups in total. The Balaban J connectivity index is 1.75. The fourth-order valence-electron chi connectivity index (χ4n) is 3.95. The van der Waals surface area contributed by atoms with Crippen molar-refractivity contribution in [3.63, 3.8) is 0 Å². The van der Waals surface area contributed by atoms with Gasteiger partial charge < -0.3 is 5.32 Å². The van der Waals surface area contributed by atoms with Crippen molar-refractivity contribution in [2.45, 2.75) is 26.4 Å². The zero-order valence-corrected chi connectivity index (χ0v) is 11.5. The zero-order chi connectivity index (χ0) is 12.5. The van der Waals surface area contributed by atoms with Crippen LogP contribution in [0.2, 0.25) is 0 Å². The molecular weight excluding hydrogens is 220 g/mol. The van der Waals surface area contributed by atoms with E-state index in [1.807, 2.05) is 0 Å². The van der Waals surface area contributed by atoms with Gasteiger partial charge in [-0.1, -0.05) is 44.2 Å². The molecule has 2 heterocycles. The summed E-state index contributed by atoms with van der Waals surface area (Å²) in [7, 11) is 0. The van der Waals surface area contributed by atoms with Gasteiger partial charge in [0.05, 0.1) is 0 Å². The molecule has 0 amide bonds. The Morgan fingerprint density at radius 1 is 1.22 bits per heavy atom. The molecular formula is C16H24N2. The van der Waals surface area contributed by atoms with Gasteiger partial charge in [0.2, 0.25) is 0 Å². The molecule has 0 bridgehead atoms. The van der Waals surface area contributed by atoms with Gasteiger partial charge in [0.1, 0.15) is 0 Å². The summed E-state index contributed by atoms with van der Waals surface area (Å²) in [6.45, 7) is 9.59. The Bertz CT molecular complexity index is 387. The molecule has 2 saturated heterocycles. The van der Waals surface area contributed by atoms with Crippen molar-refractivity contribution < 1.29 is 0 Å². The molecule has 2 nitrogen and oxygen atoms in total. The summed E-state index contributed by atoms with van der Waals surface area (Å²) in [5.74, 6) is 2.50. The van der Waals surface area contributed by atoms with Crippen molar-refractivity contribution in [1.82, 2.24) is 10.2 Å². The maximum atomic E-state index is 3.57. The van der Waals surface area contributed by atoms with Gasteiger partial charge in [0, 0.05) is 19.1 Å². The molecule has 1 aromatic rings. The van der Waals surface area contributed by atoms with Gasteiger partial charge in [-0.2, -0.15) is 0 Å². The lowest BCUT2D eigenvalue weighted by molar-refractivity contribution is 0.169. The minimum absolute atomic E-state index is 0.753. The Labute approximate surface area is 110 Å². The van der Waals surface area contributed by atoms with Gasteiger partial charge in [-0.05, 0) is 36.4 Å². The predicted molar refractivity (Wildman–Crippen MR) is 75.3 cm³/mol. The smallest absolute Gasteiger partial charge is 0.0237 e. The highest BCUT2D eigenvalue weighted by molar-refractivity contribution is 5.15. The van der Waals surface area contributed by atoms with Crippen LogP contribution in [0.25, 0.3) is 0 Å². The van der Waals surface area contributed by atoms with E-state index >= 15 is 0 Å². The number of rotatable bonds is 3. The molecule has 18 heavy (non-hydrogen) atoms. The van der Waals surface area contributed by atoms with Crippen LogP contribution in [0.5, 0.6) is 0 Å². The Hall–Kier alpha value is -0.860. The van der Waals surface area contributed by atoms with Crippen molar-refractivity contribution in [2.24, 2.45) is 17.8 Å². The fourth-order valence-corrected chi connectivity index (χ4v) is 3.95. The summed E-state index contributed by atoms with van der Waals surface area (Å²) < 4.78 is 0. The third-order valence-corrected chi connectivity index (χ3v) is 4.63. The fraction of sp³-hybridized carbons (Fsp3) is 0.625. The third-order valence-electron chi connectivity index (χ3n) is 4.63. The number of nitrogens with zero attached hydrogens (tertiary/aromatic N) is 1. The van der Waals surface area contributed by atoms with Crippen molar-refractivity contribution >= 4 is 0 Å². The van der Waals surface area contributed by atoms with Crippen LogP contribution in [0, 0.1) is 17.8 Å². The lowest BCUT2D eigenvalue weighted by Crippen LogP contribution is -2.38. The van der Waals surface area contributed by atoms with Gasteiger partial charge in [-0.3, -0.25) is 4.90 Å². The monoisotopic (exact) mass is 244 g/mol. The molecule has 0 spiro atoms. The van der Waals surface area contributed by atoms with Gasteiger partial charge >= 0.3 is 0 Å². The average Bonchev–Trinajstić information content (AvgIpc) is 2.89. The minimum atomic E-state index is 0.753. The molecule has 0 aliphatic carbocycles. The first kappa shape index (κ1) is 12.2. The summed E-state index contributed by atoms with van der Waals surface area (Å²) >= 11 is 0. The topological polar surface area (TPSA) is 15.3 Å². The van der Waals surface area contributed by atoms with E-state index in [2.05, 4.69) is 54.4 Å². The average molecular weight is 244 g/mol. The van der Waals surface area contributed by atoms with Crippen molar-refractivity contribution in [1.29, 1.82) is 0 Å². The van der Waals surface area contributed by atoms with E-state index in [1.54, 1.807) is 0 Å². The quantitative estimate of drug-likeness (QED) is 0.878. The normalized spacial score (nSPS) is 32.1. The summed E-state index contributed by atoms with van der Waals surface area (Å²) in [5, 5.41) is 3.57. The Kier molecular flexibility index (Phi) is 3.40. The van der Waals surface area contributed by atoms with E-state index in [0.29, 0.717) is 0 Å². The van der Waals surface area contributed by atoms with Crippen LogP contribution in [0.15, 0.2) is 30.3 Å². The molecule has 2 aliphatic rings. The summed E-state index contributed by atoms with van der Waals surface area (Å²) in [5.41, 5.74) is 1.45. The highest BCUT2D eigenvalue weighted by Gasteiger charge is 2.44. The molecule has 1 aromatic carbocycles. The van der Waals surface area contributed by atoms with Gasteiger partial charge in [0.25, 0.3) is 0 Å². The molecule has 3 unspecified atom stereocenters. The van der Waals surface area contributed by atoms with E-state index in [4.69, 9.17) is 0 Å². The summed E-state index contributed by atoms with van der Waals surface area (Å²) in [4.78, 5) is 2.72. The first-order valence-corrected chi connectivity index (χ1v) is 7.24. The van der Waals surface area contributed by atoms with Crippen molar-refractivity contribution in [2.75, 3.05) is 19.6 Å². The molecule has 0 aromatic heterocycles. The van der Waals surface area contributed by atoms with E-state index in [9.17, 15) is 0 Å². The SMILES string of the molecule is CC(C)C1C2CNCC2CN1Cc1ccccc1. The van der Waals surface area contributed by atoms with Crippen molar-refractivity contribution in [3.8, 4) is 0 Å². The lowest BCUT2D eigenvalue weighted by atomic mass is 9.87. The molecule has 3 rings (SSSR count). The van der Waals surface area contributed by atoms with Crippen LogP contribution in [-0.4, -0.2) is 30.6 Å². The number of likely N-dealkylation sites (tertiary alicyclic amines) is 1. The third kappa shape index (κ3) is 2.19. The largest absolute Gasteiger partial charge is 0.316 e. The van der Waals surface area contributed by atoms with Crippen LogP contribution in [0.1, 0.15) is 19.4 Å². The van der Waals surface area contributed by atoms with Crippen LogP contribution in [0.3, 0.4) is 0 Å². The number of hydrogen-bond donors (Lipinski definition) is 1. The maximum absolute atomic E-state index is 3.57. The lowest BCUT2D eigenvalue weighted by Gasteiger charge is -2.31. The molecule has 0 radical (unpaired) electrons. The minimum Gasteiger partial charge on any atom is -0.316 e. The van der Waals surface area contributed by atoms with E-state index in [-0.39, 0.29) is 0 Å². The summed E-state index contributed by atoms with van der Waals surface area (Å²) in [6.07, 6.45) is 0. The molecule has 2 heteroatoms. The molecule has 2 fully saturated rings. The van der Waals surface area contributed by atoms with Crippen LogP contribution in [0.4, 0.5) is 0 Å². The predicted octanol–water partition coefficient (Wildman–Crippen LogP) is 2.36. The second-order valence-electron chi connectivity index (χ2n) is 6.23. The van der Waals surface area contributed by atoms with Crippen LogP contribution >= 0.6 is 0 Å². The number of hydrogen-bond acceptors (Lipinski definition) is 2. The number of nitrogens with one attached hydrogen (secondary N) is 1. The van der Waals surface area contributed by atoms with Crippen LogP contribution in [-0.2, 0) is 6.54 Å². The van der Waals surface area contributed by atoms with Gasteiger partial charge in [-0.15, -0.1) is 0 Å². The molecule has 2 aliphatic heterocycles. The number of fused-ring (bicyclic) bond motifs is 1. The summed E-state index contributed by atoms with van der Waals surface area (Å²) in [6, 6.07) is 11.7. The molecule has 3 atom stereocenters. The van der Waals surface area contributed by atoms with Crippen molar-refractivity contribution in [3.05, 3.63) is 35.9 Å². The van der Waals surface area contributed by atoms with E-state index in [0.717, 1.165) is 30.3 Å². The highest BCUT2D eigenvalue weighted by atomic mass is 15.2. The second-order valence-corrected chi connectivity index (χ2v) is 6.23.